The SMILES string of the molecule is COc1ccccc1/C=C/[C@@H](O)c1ccccn1. The Bertz CT molecular complexity index is 523. The van der Waals surface area contributed by atoms with Crippen LogP contribution >= 0.6 is 0 Å². The van der Waals surface area contributed by atoms with Crippen LogP contribution < -0.4 is 4.74 Å². The van der Waals surface area contributed by atoms with Gasteiger partial charge in [0.15, 0.2) is 0 Å². The normalized spacial score (nSPS) is 12.6. The summed E-state index contributed by atoms with van der Waals surface area (Å²) in [5, 5.41) is 9.96. The van der Waals surface area contributed by atoms with E-state index in [0.717, 1.165) is 11.3 Å². The fraction of sp³-hybridized carbons (Fsp3) is 0.133. The van der Waals surface area contributed by atoms with E-state index in [0.29, 0.717) is 5.69 Å². The van der Waals surface area contributed by atoms with Gasteiger partial charge in [-0.05, 0) is 24.3 Å². The van der Waals surface area contributed by atoms with Gasteiger partial charge in [-0.1, -0.05) is 30.3 Å². The molecule has 0 bridgehead atoms. The van der Waals surface area contributed by atoms with Gasteiger partial charge in [-0.2, -0.15) is 0 Å². The molecule has 0 aliphatic rings. The van der Waals surface area contributed by atoms with E-state index in [-0.39, 0.29) is 0 Å². The van der Waals surface area contributed by atoms with Crippen LogP contribution in [0.4, 0.5) is 0 Å². The van der Waals surface area contributed by atoms with Gasteiger partial charge in [0.2, 0.25) is 0 Å². The molecule has 0 spiro atoms. The van der Waals surface area contributed by atoms with E-state index in [1.165, 1.54) is 0 Å². The Hall–Kier alpha value is -2.13. The van der Waals surface area contributed by atoms with Crippen molar-refractivity contribution < 1.29 is 9.84 Å². The number of aromatic nitrogens is 1. The van der Waals surface area contributed by atoms with Crippen LogP contribution in [0, 0.1) is 0 Å². The second-order valence-corrected chi connectivity index (χ2v) is 3.80. The number of hydrogen-bond donors (Lipinski definition) is 1. The highest BCUT2D eigenvalue weighted by molar-refractivity contribution is 5.57. The van der Waals surface area contributed by atoms with Gasteiger partial charge in [-0.15, -0.1) is 0 Å². The lowest BCUT2D eigenvalue weighted by atomic mass is 10.1. The minimum Gasteiger partial charge on any atom is -0.496 e. The molecule has 1 aromatic heterocycles. The van der Waals surface area contributed by atoms with E-state index in [2.05, 4.69) is 4.98 Å². The molecule has 0 saturated heterocycles. The Morgan fingerprint density at radius 2 is 1.94 bits per heavy atom. The number of ether oxygens (including phenoxy) is 1. The third-order valence-corrected chi connectivity index (χ3v) is 2.59. The predicted molar refractivity (Wildman–Crippen MR) is 71.2 cm³/mol. The maximum absolute atomic E-state index is 9.96. The molecule has 1 atom stereocenters. The Balaban J connectivity index is 2.16. The first-order valence-corrected chi connectivity index (χ1v) is 5.71. The highest BCUT2D eigenvalue weighted by Gasteiger charge is 2.04. The van der Waals surface area contributed by atoms with Crippen molar-refractivity contribution in [3.63, 3.8) is 0 Å². The molecular weight excluding hydrogens is 226 g/mol. The summed E-state index contributed by atoms with van der Waals surface area (Å²) in [6.07, 6.45) is 4.48. The predicted octanol–water partition coefficient (Wildman–Crippen LogP) is 2.84. The quantitative estimate of drug-likeness (QED) is 0.895. The number of nitrogens with zero attached hydrogens (tertiary/aromatic N) is 1. The lowest BCUT2D eigenvalue weighted by Gasteiger charge is -2.06. The molecule has 1 aromatic carbocycles. The maximum Gasteiger partial charge on any atom is 0.126 e. The standard InChI is InChI=1S/C15H15NO2/c1-18-15-8-3-2-6-12(15)9-10-14(17)13-7-4-5-11-16-13/h2-11,14,17H,1H3/b10-9+/t14-/m1/s1. The summed E-state index contributed by atoms with van der Waals surface area (Å²) in [4.78, 5) is 4.10. The molecule has 2 aromatic rings. The number of aliphatic hydroxyl groups is 1. The highest BCUT2D eigenvalue weighted by Crippen LogP contribution is 2.20. The second kappa shape index (κ2) is 5.98. The summed E-state index contributed by atoms with van der Waals surface area (Å²) < 4.78 is 5.23. The molecule has 1 heterocycles. The summed E-state index contributed by atoms with van der Waals surface area (Å²) in [5.41, 5.74) is 1.55. The van der Waals surface area contributed by atoms with Crippen molar-refractivity contribution in [3.05, 3.63) is 66.0 Å². The second-order valence-electron chi connectivity index (χ2n) is 3.80. The molecule has 0 saturated carbocycles. The van der Waals surface area contributed by atoms with Crippen LogP contribution in [0.15, 0.2) is 54.7 Å². The third kappa shape index (κ3) is 2.96. The molecule has 18 heavy (non-hydrogen) atoms. The number of benzene rings is 1. The average Bonchev–Trinajstić information content (AvgIpc) is 2.46. The molecule has 0 amide bonds. The zero-order valence-electron chi connectivity index (χ0n) is 10.2. The molecule has 1 N–H and O–H groups in total. The van der Waals surface area contributed by atoms with Gasteiger partial charge in [0, 0.05) is 11.8 Å². The van der Waals surface area contributed by atoms with Gasteiger partial charge in [-0.3, -0.25) is 4.98 Å². The van der Waals surface area contributed by atoms with Crippen molar-refractivity contribution in [2.75, 3.05) is 7.11 Å². The van der Waals surface area contributed by atoms with Gasteiger partial charge in [0.25, 0.3) is 0 Å². The zero-order valence-corrected chi connectivity index (χ0v) is 10.2. The third-order valence-electron chi connectivity index (χ3n) is 2.59. The molecular formula is C15H15NO2. The summed E-state index contributed by atoms with van der Waals surface area (Å²) in [6, 6.07) is 13.1. The Morgan fingerprint density at radius 1 is 1.17 bits per heavy atom. The van der Waals surface area contributed by atoms with Crippen LogP contribution in [0.2, 0.25) is 0 Å². The van der Waals surface area contributed by atoms with Crippen LogP contribution in [0.25, 0.3) is 6.08 Å². The summed E-state index contributed by atoms with van der Waals surface area (Å²) >= 11 is 0. The number of rotatable bonds is 4. The smallest absolute Gasteiger partial charge is 0.126 e. The summed E-state index contributed by atoms with van der Waals surface area (Å²) in [6.45, 7) is 0. The van der Waals surface area contributed by atoms with E-state index >= 15 is 0 Å². The van der Waals surface area contributed by atoms with Crippen LogP contribution in [0.3, 0.4) is 0 Å². The first-order chi connectivity index (χ1) is 8.81. The molecule has 3 heteroatoms. The van der Waals surface area contributed by atoms with Crippen LogP contribution in [-0.2, 0) is 0 Å². The van der Waals surface area contributed by atoms with Gasteiger partial charge < -0.3 is 9.84 Å². The Kier molecular flexibility index (Phi) is 4.10. The lowest BCUT2D eigenvalue weighted by molar-refractivity contribution is 0.224. The maximum atomic E-state index is 9.96. The van der Waals surface area contributed by atoms with E-state index in [4.69, 9.17) is 4.74 Å². The van der Waals surface area contributed by atoms with Crippen molar-refractivity contribution in [3.8, 4) is 5.75 Å². The van der Waals surface area contributed by atoms with Crippen molar-refractivity contribution >= 4 is 6.08 Å². The fourth-order valence-electron chi connectivity index (χ4n) is 1.65. The molecule has 0 aliphatic carbocycles. The average molecular weight is 241 g/mol. The molecule has 92 valence electrons. The van der Waals surface area contributed by atoms with Gasteiger partial charge in [0.1, 0.15) is 11.9 Å². The van der Waals surface area contributed by atoms with Crippen molar-refractivity contribution in [1.82, 2.24) is 4.98 Å². The number of methoxy groups -OCH3 is 1. The number of pyridine rings is 1. The summed E-state index contributed by atoms with van der Waals surface area (Å²) in [7, 11) is 1.63. The largest absolute Gasteiger partial charge is 0.496 e. The van der Waals surface area contributed by atoms with Gasteiger partial charge in [-0.25, -0.2) is 0 Å². The molecule has 0 aliphatic heterocycles. The first kappa shape index (κ1) is 12.3. The van der Waals surface area contributed by atoms with Crippen molar-refractivity contribution in [2.45, 2.75) is 6.10 Å². The number of hydrogen-bond acceptors (Lipinski definition) is 3. The van der Waals surface area contributed by atoms with Gasteiger partial charge >= 0.3 is 0 Å². The summed E-state index contributed by atoms with van der Waals surface area (Å²) in [5.74, 6) is 0.780. The Labute approximate surface area is 106 Å². The van der Waals surface area contributed by atoms with Crippen LogP contribution in [-0.4, -0.2) is 17.2 Å². The monoisotopic (exact) mass is 241 g/mol. The van der Waals surface area contributed by atoms with E-state index < -0.39 is 6.10 Å². The molecule has 0 radical (unpaired) electrons. The van der Waals surface area contributed by atoms with Gasteiger partial charge in [0.05, 0.1) is 12.8 Å². The fourth-order valence-corrected chi connectivity index (χ4v) is 1.65. The minimum absolute atomic E-state index is 0.628. The minimum atomic E-state index is -0.712. The zero-order chi connectivity index (χ0) is 12.8. The Morgan fingerprint density at radius 3 is 2.67 bits per heavy atom. The van der Waals surface area contributed by atoms with E-state index in [1.807, 2.05) is 42.5 Å². The van der Waals surface area contributed by atoms with E-state index in [9.17, 15) is 5.11 Å². The van der Waals surface area contributed by atoms with Crippen LogP contribution in [0.1, 0.15) is 17.4 Å². The lowest BCUT2D eigenvalue weighted by Crippen LogP contribution is -1.95. The molecule has 3 nitrogen and oxygen atoms in total. The topological polar surface area (TPSA) is 42.4 Å². The molecule has 0 unspecified atom stereocenters. The van der Waals surface area contributed by atoms with Crippen molar-refractivity contribution in [2.24, 2.45) is 0 Å². The number of aliphatic hydroxyl groups excluding tert-OH is 1. The van der Waals surface area contributed by atoms with E-state index in [1.54, 1.807) is 25.4 Å². The first-order valence-electron chi connectivity index (χ1n) is 5.71. The number of para-hydroxylation sites is 1. The van der Waals surface area contributed by atoms with Crippen LogP contribution in [0.5, 0.6) is 5.75 Å². The highest BCUT2D eigenvalue weighted by atomic mass is 16.5. The molecule has 2 rings (SSSR count). The molecule has 0 fully saturated rings. The van der Waals surface area contributed by atoms with Crippen molar-refractivity contribution in [1.29, 1.82) is 0 Å².